The molecule has 4 nitrogen and oxygen atoms in total. The molecule has 1 N–H and O–H groups in total. The fraction of sp³-hybridized carbons (Fsp3) is 0.900. The first kappa shape index (κ1) is 27.8. The van der Waals surface area contributed by atoms with Gasteiger partial charge in [-0.3, -0.25) is 4.79 Å². The Kier molecular flexibility index (Phi) is 23.2. The van der Waals surface area contributed by atoms with Crippen molar-refractivity contribution in [2.45, 2.75) is 110 Å². The quantitative estimate of drug-likeness (QED) is 0.243. The maximum absolute atomic E-state index is 11.7. The van der Waals surface area contributed by atoms with Crippen LogP contribution in [0, 0.1) is 0 Å². The second-order valence-corrected chi connectivity index (χ2v) is 6.81. The number of amides is 1. The molecule has 0 aliphatic rings. The second kappa shape index (κ2) is 20.9. The number of unbranched alkanes of at least 4 members (excludes halogenated alkanes) is 12. The average Bonchev–Trinajstić information content (AvgIpc) is 2.58. The van der Waals surface area contributed by atoms with Crippen LogP contribution >= 0.6 is 0 Å². The summed E-state index contributed by atoms with van der Waals surface area (Å²) >= 11 is 0. The van der Waals surface area contributed by atoms with Crippen LogP contribution in [0.1, 0.15) is 104 Å². The van der Waals surface area contributed by atoms with E-state index in [1.807, 2.05) is 0 Å². The third-order valence-corrected chi connectivity index (χ3v) is 4.44. The van der Waals surface area contributed by atoms with Gasteiger partial charge in [0.2, 0.25) is 5.91 Å². The monoisotopic (exact) mass is 381 g/mol. The standard InChI is InChI=1S/C20H39NO3.K.H/c1-4-5-6-7-8-9-10-11-12-13-14-15-16-17-19(22)21-18(2)20(23)24-3;;/h18H,4-17H2,1-3H3,(H,21,22);;/t18-;;/m0../s1. The molecule has 0 radical (unpaired) electrons. The normalized spacial score (nSPS) is 11.5. The van der Waals surface area contributed by atoms with Gasteiger partial charge in [0.05, 0.1) is 7.11 Å². The number of carbonyl (C=O) groups excluding carboxylic acids is 2. The Labute approximate surface area is 198 Å². The predicted octanol–water partition coefficient (Wildman–Crippen LogP) is 4.50. The van der Waals surface area contributed by atoms with Crippen LogP contribution in [0.25, 0.3) is 0 Å². The minimum atomic E-state index is -0.551. The van der Waals surface area contributed by atoms with Gasteiger partial charge in [-0.15, -0.1) is 0 Å². The van der Waals surface area contributed by atoms with Crippen molar-refractivity contribution >= 4 is 63.3 Å². The summed E-state index contributed by atoms with van der Waals surface area (Å²) in [6.07, 6.45) is 17.3. The minimum absolute atomic E-state index is 0. The van der Waals surface area contributed by atoms with Gasteiger partial charge in [-0.1, -0.05) is 84.0 Å². The molecule has 1 amide bonds. The van der Waals surface area contributed by atoms with Gasteiger partial charge in [-0.2, -0.15) is 0 Å². The van der Waals surface area contributed by atoms with Gasteiger partial charge >= 0.3 is 57.4 Å². The molecule has 0 aromatic heterocycles. The Morgan fingerprint density at radius 1 is 0.800 bits per heavy atom. The summed E-state index contributed by atoms with van der Waals surface area (Å²) in [6.45, 7) is 3.91. The molecule has 0 aliphatic heterocycles. The molecule has 0 rings (SSSR count). The number of hydrogen-bond acceptors (Lipinski definition) is 3. The van der Waals surface area contributed by atoms with Gasteiger partial charge in [-0.05, 0) is 13.3 Å². The summed E-state index contributed by atoms with van der Waals surface area (Å²) < 4.78 is 4.58. The van der Waals surface area contributed by atoms with Crippen molar-refractivity contribution in [3.8, 4) is 0 Å². The van der Waals surface area contributed by atoms with Crippen molar-refractivity contribution in [2.24, 2.45) is 0 Å². The van der Waals surface area contributed by atoms with Crippen LogP contribution in [0.5, 0.6) is 0 Å². The molecular weight excluding hydrogens is 341 g/mol. The van der Waals surface area contributed by atoms with E-state index >= 15 is 0 Å². The molecule has 0 bridgehead atoms. The van der Waals surface area contributed by atoms with E-state index < -0.39 is 12.0 Å². The van der Waals surface area contributed by atoms with Crippen LogP contribution in [-0.4, -0.2) is 76.4 Å². The fourth-order valence-corrected chi connectivity index (χ4v) is 2.85. The first-order valence-corrected chi connectivity index (χ1v) is 9.99. The molecule has 0 saturated heterocycles. The van der Waals surface area contributed by atoms with Gasteiger partial charge in [-0.25, -0.2) is 4.79 Å². The predicted molar refractivity (Wildman–Crippen MR) is 107 cm³/mol. The second-order valence-electron chi connectivity index (χ2n) is 6.81. The van der Waals surface area contributed by atoms with Crippen LogP contribution in [0.2, 0.25) is 0 Å². The van der Waals surface area contributed by atoms with E-state index in [2.05, 4.69) is 17.0 Å². The number of methoxy groups -OCH3 is 1. The van der Waals surface area contributed by atoms with E-state index in [-0.39, 0.29) is 57.3 Å². The van der Waals surface area contributed by atoms with Gasteiger partial charge < -0.3 is 10.1 Å². The zero-order chi connectivity index (χ0) is 18.0. The number of ether oxygens (including phenoxy) is 1. The van der Waals surface area contributed by atoms with Crippen molar-refractivity contribution in [1.29, 1.82) is 0 Å². The van der Waals surface area contributed by atoms with Gasteiger partial charge in [0.1, 0.15) is 6.04 Å². The van der Waals surface area contributed by atoms with Crippen molar-refractivity contribution < 1.29 is 14.3 Å². The maximum atomic E-state index is 11.7. The summed E-state index contributed by atoms with van der Waals surface area (Å²) in [5.41, 5.74) is 0. The topological polar surface area (TPSA) is 55.4 Å². The molecule has 25 heavy (non-hydrogen) atoms. The molecule has 0 fully saturated rings. The molecule has 0 spiro atoms. The third-order valence-electron chi connectivity index (χ3n) is 4.44. The number of nitrogens with one attached hydrogen (secondary N) is 1. The summed E-state index contributed by atoms with van der Waals surface area (Å²) in [4.78, 5) is 22.9. The van der Waals surface area contributed by atoms with Crippen LogP contribution in [0.3, 0.4) is 0 Å². The number of rotatable bonds is 16. The first-order valence-electron chi connectivity index (χ1n) is 9.99. The molecule has 0 aromatic rings. The van der Waals surface area contributed by atoms with Crippen LogP contribution < -0.4 is 5.32 Å². The van der Waals surface area contributed by atoms with E-state index in [9.17, 15) is 9.59 Å². The summed E-state index contributed by atoms with van der Waals surface area (Å²) in [5, 5.41) is 2.66. The van der Waals surface area contributed by atoms with E-state index in [4.69, 9.17) is 0 Å². The first-order chi connectivity index (χ1) is 11.6. The molecule has 1 atom stereocenters. The van der Waals surface area contributed by atoms with Gasteiger partial charge in [0.15, 0.2) is 0 Å². The summed E-state index contributed by atoms with van der Waals surface area (Å²) in [7, 11) is 1.33. The van der Waals surface area contributed by atoms with Crippen molar-refractivity contribution in [3.63, 3.8) is 0 Å². The van der Waals surface area contributed by atoms with E-state index in [0.717, 1.165) is 12.8 Å². The zero-order valence-electron chi connectivity index (χ0n) is 16.2. The molecule has 0 aromatic carbocycles. The molecule has 0 heterocycles. The van der Waals surface area contributed by atoms with Crippen LogP contribution in [0.4, 0.5) is 0 Å². The SMILES string of the molecule is CCCCCCCCCCCCCCCC(=O)N[C@@H](C)C(=O)OC.[KH]. The van der Waals surface area contributed by atoms with E-state index in [0.29, 0.717) is 6.42 Å². The Bertz CT molecular complexity index is 324. The molecule has 144 valence electrons. The summed E-state index contributed by atoms with van der Waals surface area (Å²) in [6, 6.07) is -0.551. The Morgan fingerprint density at radius 2 is 1.20 bits per heavy atom. The third kappa shape index (κ3) is 19.1. The van der Waals surface area contributed by atoms with Crippen molar-refractivity contribution in [3.05, 3.63) is 0 Å². The molecule has 5 heteroatoms. The molecular formula is C20H40KNO3. The average molecular weight is 382 g/mol. The van der Waals surface area contributed by atoms with E-state index in [1.54, 1.807) is 6.92 Å². The van der Waals surface area contributed by atoms with Crippen molar-refractivity contribution in [1.82, 2.24) is 5.32 Å². The Balaban J connectivity index is 0. The van der Waals surface area contributed by atoms with Crippen molar-refractivity contribution in [2.75, 3.05) is 7.11 Å². The fourth-order valence-electron chi connectivity index (χ4n) is 2.85. The van der Waals surface area contributed by atoms with E-state index in [1.165, 1.54) is 77.7 Å². The number of hydrogen-bond donors (Lipinski definition) is 1. The van der Waals surface area contributed by atoms with Crippen LogP contribution in [-0.2, 0) is 14.3 Å². The number of esters is 1. The van der Waals surface area contributed by atoms with Gasteiger partial charge in [0.25, 0.3) is 0 Å². The molecule has 0 saturated carbocycles. The Hall–Kier alpha value is 0.576. The Morgan fingerprint density at radius 3 is 1.60 bits per heavy atom. The molecule has 0 aliphatic carbocycles. The van der Waals surface area contributed by atoms with Crippen LogP contribution in [0.15, 0.2) is 0 Å². The van der Waals surface area contributed by atoms with Gasteiger partial charge in [0, 0.05) is 6.42 Å². The number of carbonyl (C=O) groups is 2. The summed E-state index contributed by atoms with van der Waals surface area (Å²) in [5.74, 6) is -0.454. The zero-order valence-corrected chi connectivity index (χ0v) is 16.2. The molecule has 0 unspecified atom stereocenters.